The molecule has 4 N–H and O–H groups in total. The lowest BCUT2D eigenvalue weighted by Gasteiger charge is -2.07. The first-order valence-corrected chi connectivity index (χ1v) is 5.90. The molecule has 2 rings (SSSR count). The lowest BCUT2D eigenvalue weighted by Crippen LogP contribution is -2.12. The van der Waals surface area contributed by atoms with Crippen LogP contribution in [0, 0.1) is 10.1 Å². The number of nitrogens with one attached hydrogen (secondary N) is 2. The van der Waals surface area contributed by atoms with Gasteiger partial charge in [0.05, 0.1) is 23.3 Å². The van der Waals surface area contributed by atoms with Gasteiger partial charge in [-0.05, 0) is 6.42 Å². The maximum absolute atomic E-state index is 10.8. The first-order valence-electron chi connectivity index (χ1n) is 5.90. The molecule has 106 valence electrons. The standard InChI is InChI=1S/C10H14N8O2/c11-15-10-7-8(18(19)20)6-9(14-10)12-2-1-4-17-5-3-13-16-17/h3,5-7H,1-2,4,11H2,(H2,12,14,15). The number of nitrogens with two attached hydrogens (primary N) is 1. The Kier molecular flexibility index (Phi) is 4.39. The van der Waals surface area contributed by atoms with Gasteiger partial charge < -0.3 is 10.7 Å². The van der Waals surface area contributed by atoms with Gasteiger partial charge in [0.2, 0.25) is 0 Å². The molecular formula is C10H14N8O2. The van der Waals surface area contributed by atoms with Gasteiger partial charge in [0.1, 0.15) is 11.6 Å². The topological polar surface area (TPSA) is 137 Å². The fourth-order valence-electron chi connectivity index (χ4n) is 1.60. The number of anilines is 2. The highest BCUT2D eigenvalue weighted by atomic mass is 16.6. The number of hydrogen-bond donors (Lipinski definition) is 3. The molecule has 0 atom stereocenters. The Morgan fingerprint density at radius 1 is 1.40 bits per heavy atom. The summed E-state index contributed by atoms with van der Waals surface area (Å²) in [4.78, 5) is 14.4. The van der Waals surface area contributed by atoms with Gasteiger partial charge in [-0.1, -0.05) is 5.21 Å². The number of hydrogen-bond acceptors (Lipinski definition) is 8. The van der Waals surface area contributed by atoms with Crippen molar-refractivity contribution >= 4 is 17.3 Å². The minimum absolute atomic E-state index is 0.0771. The van der Waals surface area contributed by atoms with Crippen molar-refractivity contribution in [2.24, 2.45) is 5.84 Å². The van der Waals surface area contributed by atoms with E-state index in [-0.39, 0.29) is 11.5 Å². The average molecular weight is 278 g/mol. The van der Waals surface area contributed by atoms with Gasteiger partial charge in [0.15, 0.2) is 0 Å². The molecule has 10 heteroatoms. The third-order valence-corrected chi connectivity index (χ3v) is 2.51. The van der Waals surface area contributed by atoms with Crippen LogP contribution in [0.15, 0.2) is 24.5 Å². The third-order valence-electron chi connectivity index (χ3n) is 2.51. The van der Waals surface area contributed by atoms with E-state index in [0.717, 1.165) is 6.42 Å². The molecule has 0 aliphatic heterocycles. The number of nitrogen functional groups attached to an aromatic ring is 1. The SMILES string of the molecule is NNc1cc([N+](=O)[O-])cc(NCCCn2ccnn2)n1. The third kappa shape index (κ3) is 3.62. The van der Waals surface area contributed by atoms with Gasteiger partial charge in [-0.2, -0.15) is 0 Å². The summed E-state index contributed by atoms with van der Waals surface area (Å²) in [7, 11) is 0. The van der Waals surface area contributed by atoms with Crippen molar-refractivity contribution in [3.05, 3.63) is 34.6 Å². The van der Waals surface area contributed by atoms with Crippen LogP contribution >= 0.6 is 0 Å². The molecule has 0 fully saturated rings. The smallest absolute Gasteiger partial charge is 0.276 e. The predicted octanol–water partition coefficient (Wildman–Crippen LogP) is 0.369. The van der Waals surface area contributed by atoms with Crippen LogP contribution < -0.4 is 16.6 Å². The van der Waals surface area contributed by atoms with Gasteiger partial charge in [0, 0.05) is 19.3 Å². The van der Waals surface area contributed by atoms with E-state index in [9.17, 15) is 10.1 Å². The largest absolute Gasteiger partial charge is 0.370 e. The zero-order chi connectivity index (χ0) is 14.4. The molecule has 2 aromatic rings. The number of nitrogens with zero attached hydrogens (tertiary/aromatic N) is 5. The second-order valence-corrected chi connectivity index (χ2v) is 3.94. The maximum atomic E-state index is 10.8. The van der Waals surface area contributed by atoms with E-state index in [0.29, 0.717) is 18.9 Å². The van der Waals surface area contributed by atoms with Crippen LogP contribution in [0.25, 0.3) is 0 Å². The molecule has 0 aromatic carbocycles. The number of aryl methyl sites for hydroxylation is 1. The molecule has 0 radical (unpaired) electrons. The maximum Gasteiger partial charge on any atom is 0.276 e. The molecule has 0 unspecified atom stereocenters. The molecule has 20 heavy (non-hydrogen) atoms. The summed E-state index contributed by atoms with van der Waals surface area (Å²) in [6, 6.07) is 2.62. The highest BCUT2D eigenvalue weighted by Gasteiger charge is 2.10. The molecule has 2 aromatic heterocycles. The minimum atomic E-state index is -0.497. The number of aromatic nitrogens is 4. The molecule has 0 aliphatic rings. The van der Waals surface area contributed by atoms with Crippen LogP contribution in [-0.2, 0) is 6.54 Å². The molecule has 10 nitrogen and oxygen atoms in total. The van der Waals surface area contributed by atoms with Gasteiger partial charge in [-0.3, -0.25) is 14.8 Å². The summed E-state index contributed by atoms with van der Waals surface area (Å²) < 4.78 is 1.70. The summed E-state index contributed by atoms with van der Waals surface area (Å²) in [6.07, 6.45) is 4.15. The summed E-state index contributed by atoms with van der Waals surface area (Å²) in [6.45, 7) is 1.29. The highest BCUT2D eigenvalue weighted by molar-refractivity contribution is 5.54. The van der Waals surface area contributed by atoms with Crippen LogP contribution in [-0.4, -0.2) is 31.4 Å². The van der Waals surface area contributed by atoms with Crippen LogP contribution in [0.5, 0.6) is 0 Å². The van der Waals surface area contributed by atoms with E-state index in [1.54, 1.807) is 17.1 Å². The van der Waals surface area contributed by atoms with E-state index in [4.69, 9.17) is 5.84 Å². The lowest BCUT2D eigenvalue weighted by atomic mass is 10.3. The quantitative estimate of drug-likeness (QED) is 0.286. The van der Waals surface area contributed by atoms with E-state index in [1.165, 1.54) is 12.1 Å². The monoisotopic (exact) mass is 278 g/mol. The molecule has 0 saturated carbocycles. The molecule has 0 amide bonds. The summed E-state index contributed by atoms with van der Waals surface area (Å²) in [5, 5.41) is 21.3. The van der Waals surface area contributed by atoms with Crippen LogP contribution in [0.3, 0.4) is 0 Å². The predicted molar refractivity (Wildman–Crippen MR) is 71.8 cm³/mol. The van der Waals surface area contributed by atoms with Gasteiger partial charge >= 0.3 is 0 Å². The Labute approximate surface area is 114 Å². The number of hydrazine groups is 1. The van der Waals surface area contributed by atoms with Crippen molar-refractivity contribution in [3.8, 4) is 0 Å². The number of rotatable bonds is 7. The van der Waals surface area contributed by atoms with E-state index in [2.05, 4.69) is 26.0 Å². The zero-order valence-corrected chi connectivity index (χ0v) is 10.6. The number of pyridine rings is 1. The first-order chi connectivity index (χ1) is 9.69. The van der Waals surface area contributed by atoms with Gasteiger partial charge in [-0.25, -0.2) is 10.8 Å². The van der Waals surface area contributed by atoms with Crippen molar-refractivity contribution in [3.63, 3.8) is 0 Å². The summed E-state index contributed by atoms with van der Waals surface area (Å²) >= 11 is 0. The second kappa shape index (κ2) is 6.43. The Balaban J connectivity index is 1.91. The Morgan fingerprint density at radius 3 is 2.85 bits per heavy atom. The van der Waals surface area contributed by atoms with Crippen molar-refractivity contribution in [2.45, 2.75) is 13.0 Å². The fraction of sp³-hybridized carbons (Fsp3) is 0.300. The van der Waals surface area contributed by atoms with Crippen molar-refractivity contribution in [2.75, 3.05) is 17.3 Å². The minimum Gasteiger partial charge on any atom is -0.370 e. The van der Waals surface area contributed by atoms with Gasteiger partial charge in [0.25, 0.3) is 5.69 Å². The average Bonchev–Trinajstić information content (AvgIpc) is 2.96. The van der Waals surface area contributed by atoms with Crippen LogP contribution in [0.4, 0.5) is 17.3 Å². The molecule has 2 heterocycles. The number of nitro groups is 1. The van der Waals surface area contributed by atoms with E-state index in [1.807, 2.05) is 0 Å². The highest BCUT2D eigenvalue weighted by Crippen LogP contribution is 2.19. The molecular weight excluding hydrogens is 264 g/mol. The van der Waals surface area contributed by atoms with Crippen LogP contribution in [0.2, 0.25) is 0 Å². The Hall–Kier alpha value is -2.75. The van der Waals surface area contributed by atoms with E-state index >= 15 is 0 Å². The second-order valence-electron chi connectivity index (χ2n) is 3.94. The Morgan fingerprint density at radius 2 is 2.20 bits per heavy atom. The first kappa shape index (κ1) is 13.7. The zero-order valence-electron chi connectivity index (χ0n) is 10.6. The summed E-state index contributed by atoms with van der Waals surface area (Å²) in [5.74, 6) is 5.85. The van der Waals surface area contributed by atoms with Crippen molar-refractivity contribution < 1.29 is 4.92 Å². The molecule has 0 spiro atoms. The van der Waals surface area contributed by atoms with Crippen LogP contribution in [0.1, 0.15) is 6.42 Å². The molecule has 0 bridgehead atoms. The normalized spacial score (nSPS) is 10.2. The Bertz CT molecular complexity index is 571. The fourth-order valence-corrected chi connectivity index (χ4v) is 1.60. The van der Waals surface area contributed by atoms with E-state index < -0.39 is 4.92 Å². The lowest BCUT2D eigenvalue weighted by molar-refractivity contribution is -0.384. The van der Waals surface area contributed by atoms with Gasteiger partial charge in [-0.15, -0.1) is 5.10 Å². The summed E-state index contributed by atoms with van der Waals surface area (Å²) in [5.41, 5.74) is 2.22. The molecule has 0 aliphatic carbocycles. The van der Waals surface area contributed by atoms with Crippen molar-refractivity contribution in [1.82, 2.24) is 20.0 Å². The molecule has 0 saturated heterocycles. The van der Waals surface area contributed by atoms with Crippen molar-refractivity contribution in [1.29, 1.82) is 0 Å².